The van der Waals surface area contributed by atoms with Crippen LogP contribution in [0.15, 0.2) is 41.8 Å². The summed E-state index contributed by atoms with van der Waals surface area (Å²) in [5, 5.41) is 5.29. The number of thiophene rings is 1. The molecule has 1 atom stereocenters. The van der Waals surface area contributed by atoms with E-state index in [-0.39, 0.29) is 11.9 Å². The summed E-state index contributed by atoms with van der Waals surface area (Å²) >= 11 is 1.73. The number of hydrogen-bond donors (Lipinski definition) is 1. The van der Waals surface area contributed by atoms with Crippen molar-refractivity contribution in [3.63, 3.8) is 0 Å². The zero-order valence-corrected chi connectivity index (χ0v) is 14.1. The van der Waals surface area contributed by atoms with Crippen molar-refractivity contribution in [2.45, 2.75) is 25.8 Å². The van der Waals surface area contributed by atoms with E-state index in [1.807, 2.05) is 36.1 Å². The van der Waals surface area contributed by atoms with Crippen LogP contribution in [0.2, 0.25) is 0 Å². The van der Waals surface area contributed by atoms with Crippen LogP contribution in [0.1, 0.15) is 30.7 Å². The molecule has 122 valence electrons. The third-order valence-corrected chi connectivity index (χ3v) is 5.03. The lowest BCUT2D eigenvalue weighted by atomic mass is 10.2. The molecule has 1 aromatic heterocycles. The first kappa shape index (κ1) is 15.9. The van der Waals surface area contributed by atoms with Gasteiger partial charge in [0.05, 0.1) is 19.2 Å². The average Bonchev–Trinajstić information content (AvgIpc) is 3.25. The molecule has 2 aromatic rings. The Morgan fingerprint density at radius 1 is 1.35 bits per heavy atom. The Kier molecular flexibility index (Phi) is 5.18. The molecule has 0 spiro atoms. The van der Waals surface area contributed by atoms with Crippen molar-refractivity contribution in [1.82, 2.24) is 4.90 Å². The van der Waals surface area contributed by atoms with Crippen molar-refractivity contribution in [2.75, 3.05) is 25.0 Å². The number of amides is 1. The van der Waals surface area contributed by atoms with Gasteiger partial charge in [0.1, 0.15) is 5.75 Å². The van der Waals surface area contributed by atoms with Crippen molar-refractivity contribution < 1.29 is 9.53 Å². The fraction of sp³-hybridized carbons (Fsp3) is 0.389. The number of hydrogen-bond acceptors (Lipinski definition) is 4. The molecule has 23 heavy (non-hydrogen) atoms. The molecule has 0 radical (unpaired) electrons. The van der Waals surface area contributed by atoms with Gasteiger partial charge in [-0.1, -0.05) is 6.07 Å². The number of carbonyl (C=O) groups is 1. The summed E-state index contributed by atoms with van der Waals surface area (Å²) in [6.45, 7) is 3.80. The summed E-state index contributed by atoms with van der Waals surface area (Å²) < 4.78 is 5.42. The maximum Gasteiger partial charge on any atom is 0.242 e. The molecule has 1 unspecified atom stereocenters. The highest BCUT2D eigenvalue weighted by Crippen LogP contribution is 2.34. The minimum Gasteiger partial charge on any atom is -0.494 e. The highest BCUT2D eigenvalue weighted by Gasteiger charge is 2.30. The van der Waals surface area contributed by atoms with Gasteiger partial charge in [0.15, 0.2) is 0 Å². The minimum atomic E-state index is 0.162. The van der Waals surface area contributed by atoms with Gasteiger partial charge in [-0.2, -0.15) is 0 Å². The molecule has 5 heteroatoms. The van der Waals surface area contributed by atoms with Crippen molar-refractivity contribution in [3.8, 4) is 5.75 Å². The van der Waals surface area contributed by atoms with Crippen LogP contribution >= 0.6 is 11.3 Å². The minimum absolute atomic E-state index is 0.162. The molecule has 0 saturated carbocycles. The summed E-state index contributed by atoms with van der Waals surface area (Å²) in [4.78, 5) is 15.8. The van der Waals surface area contributed by atoms with Crippen LogP contribution in [0.25, 0.3) is 0 Å². The van der Waals surface area contributed by atoms with Crippen LogP contribution < -0.4 is 10.1 Å². The van der Waals surface area contributed by atoms with Crippen LogP contribution in [0.3, 0.4) is 0 Å². The molecule has 3 rings (SSSR count). The first-order valence-corrected chi connectivity index (χ1v) is 8.95. The molecule has 1 aliphatic rings. The molecule has 2 heterocycles. The Labute approximate surface area is 141 Å². The van der Waals surface area contributed by atoms with Gasteiger partial charge in [-0.3, -0.25) is 4.79 Å². The fourth-order valence-corrected chi connectivity index (χ4v) is 3.83. The van der Waals surface area contributed by atoms with Crippen LogP contribution in [0, 0.1) is 0 Å². The first-order chi connectivity index (χ1) is 11.3. The lowest BCUT2D eigenvalue weighted by molar-refractivity contribution is -0.130. The first-order valence-electron chi connectivity index (χ1n) is 8.07. The molecule has 1 saturated heterocycles. The van der Waals surface area contributed by atoms with Crippen molar-refractivity contribution >= 4 is 22.9 Å². The standard InChI is InChI=1S/C18H22N2O2S/c1-2-22-15-9-7-14(8-10-15)19-13-18(21)20-11-3-5-16(20)17-6-4-12-23-17/h4,6-10,12,16,19H,2-3,5,11,13H2,1H3. The highest BCUT2D eigenvalue weighted by atomic mass is 32.1. The maximum atomic E-state index is 12.5. The van der Waals surface area contributed by atoms with Crippen LogP contribution in [-0.2, 0) is 4.79 Å². The van der Waals surface area contributed by atoms with E-state index in [2.05, 4.69) is 22.8 Å². The topological polar surface area (TPSA) is 41.6 Å². The molecule has 1 aromatic carbocycles. The van der Waals surface area contributed by atoms with E-state index in [0.29, 0.717) is 13.2 Å². The molecular weight excluding hydrogens is 308 g/mol. The molecule has 4 nitrogen and oxygen atoms in total. The van der Waals surface area contributed by atoms with E-state index in [1.165, 1.54) is 4.88 Å². The van der Waals surface area contributed by atoms with Crippen LogP contribution in [-0.4, -0.2) is 30.5 Å². The van der Waals surface area contributed by atoms with Gasteiger partial charge in [0, 0.05) is 17.1 Å². The second kappa shape index (κ2) is 7.51. The predicted molar refractivity (Wildman–Crippen MR) is 94.1 cm³/mol. The van der Waals surface area contributed by atoms with E-state index in [0.717, 1.165) is 30.8 Å². The van der Waals surface area contributed by atoms with Gasteiger partial charge in [-0.15, -0.1) is 11.3 Å². The largest absolute Gasteiger partial charge is 0.494 e. The Morgan fingerprint density at radius 3 is 2.87 bits per heavy atom. The quantitative estimate of drug-likeness (QED) is 0.873. The summed E-state index contributed by atoms with van der Waals surface area (Å²) in [5.74, 6) is 1.01. The average molecular weight is 330 g/mol. The third kappa shape index (κ3) is 3.85. The molecule has 1 fully saturated rings. The Hall–Kier alpha value is -2.01. The van der Waals surface area contributed by atoms with E-state index in [9.17, 15) is 4.79 Å². The van der Waals surface area contributed by atoms with Crippen LogP contribution in [0.4, 0.5) is 5.69 Å². The van der Waals surface area contributed by atoms with Crippen molar-refractivity contribution in [2.24, 2.45) is 0 Å². The second-order valence-electron chi connectivity index (χ2n) is 5.57. The number of nitrogens with zero attached hydrogens (tertiary/aromatic N) is 1. The number of rotatable bonds is 6. The zero-order chi connectivity index (χ0) is 16.1. The summed E-state index contributed by atoms with van der Waals surface area (Å²) in [7, 11) is 0. The predicted octanol–water partition coefficient (Wildman–Crippen LogP) is 3.92. The summed E-state index contributed by atoms with van der Waals surface area (Å²) in [5.41, 5.74) is 0.939. The van der Waals surface area contributed by atoms with Gasteiger partial charge >= 0.3 is 0 Å². The number of carbonyl (C=O) groups excluding carboxylic acids is 1. The van der Waals surface area contributed by atoms with E-state index in [4.69, 9.17) is 4.74 Å². The molecular formula is C18H22N2O2S. The maximum absolute atomic E-state index is 12.5. The number of ether oxygens (including phenoxy) is 1. The fourth-order valence-electron chi connectivity index (χ4n) is 2.96. The van der Waals surface area contributed by atoms with E-state index < -0.39 is 0 Å². The molecule has 1 aliphatic heterocycles. The number of nitrogens with one attached hydrogen (secondary N) is 1. The van der Waals surface area contributed by atoms with Crippen LogP contribution in [0.5, 0.6) is 5.75 Å². The Balaban J connectivity index is 1.56. The summed E-state index contributed by atoms with van der Waals surface area (Å²) in [6, 6.07) is 12.2. The zero-order valence-electron chi connectivity index (χ0n) is 13.3. The SMILES string of the molecule is CCOc1ccc(NCC(=O)N2CCCC2c2cccs2)cc1. The van der Waals surface area contributed by atoms with Gasteiger partial charge in [0.25, 0.3) is 0 Å². The highest BCUT2D eigenvalue weighted by molar-refractivity contribution is 7.10. The lowest BCUT2D eigenvalue weighted by Crippen LogP contribution is -2.34. The van der Waals surface area contributed by atoms with Gasteiger partial charge in [-0.25, -0.2) is 0 Å². The van der Waals surface area contributed by atoms with Crippen molar-refractivity contribution in [3.05, 3.63) is 46.7 Å². The van der Waals surface area contributed by atoms with E-state index in [1.54, 1.807) is 11.3 Å². The number of likely N-dealkylation sites (tertiary alicyclic amines) is 1. The molecule has 1 N–H and O–H groups in total. The molecule has 0 aliphatic carbocycles. The Bertz CT molecular complexity index is 625. The smallest absolute Gasteiger partial charge is 0.242 e. The van der Waals surface area contributed by atoms with Crippen molar-refractivity contribution in [1.29, 1.82) is 0 Å². The monoisotopic (exact) mass is 330 g/mol. The molecule has 1 amide bonds. The van der Waals surface area contributed by atoms with Gasteiger partial charge in [-0.05, 0) is 55.5 Å². The number of anilines is 1. The van der Waals surface area contributed by atoms with Gasteiger partial charge < -0.3 is 15.0 Å². The Morgan fingerprint density at radius 2 is 2.17 bits per heavy atom. The third-order valence-electron chi connectivity index (χ3n) is 4.05. The van der Waals surface area contributed by atoms with Gasteiger partial charge in [0.2, 0.25) is 5.91 Å². The second-order valence-corrected chi connectivity index (χ2v) is 6.55. The summed E-state index contributed by atoms with van der Waals surface area (Å²) in [6.07, 6.45) is 2.15. The molecule has 0 bridgehead atoms. The number of benzene rings is 1. The lowest BCUT2D eigenvalue weighted by Gasteiger charge is -2.24. The van der Waals surface area contributed by atoms with E-state index >= 15 is 0 Å². The normalized spacial score (nSPS) is 17.3.